The first-order valence-electron chi connectivity index (χ1n) is 9.59. The van der Waals surface area contributed by atoms with E-state index in [2.05, 4.69) is 15.6 Å². The monoisotopic (exact) mass is 425 g/mol. The number of aromatic nitrogens is 3. The summed E-state index contributed by atoms with van der Waals surface area (Å²) in [5.41, 5.74) is 1.22. The number of methoxy groups -OCH3 is 2. The normalized spacial score (nSPS) is 18.2. The summed E-state index contributed by atoms with van der Waals surface area (Å²) in [7, 11) is -0.698. The average molecular weight is 426 g/mol. The van der Waals surface area contributed by atoms with Crippen LogP contribution in [-0.2, 0) is 30.8 Å². The van der Waals surface area contributed by atoms with Crippen LogP contribution in [0.4, 0.5) is 0 Å². The summed E-state index contributed by atoms with van der Waals surface area (Å²) in [6.07, 6.45) is 2.02. The van der Waals surface area contributed by atoms with Crippen LogP contribution in [0.2, 0.25) is 0 Å². The van der Waals surface area contributed by atoms with E-state index in [9.17, 15) is 13.2 Å². The highest BCUT2D eigenvalue weighted by Gasteiger charge is 2.37. The molecule has 2 heterocycles. The van der Waals surface area contributed by atoms with Gasteiger partial charge in [-0.25, -0.2) is 13.1 Å². The number of carbonyl (C=O) groups excluding carboxylic acids is 1. The highest BCUT2D eigenvalue weighted by atomic mass is 32.2. The number of sulfonamides is 1. The van der Waals surface area contributed by atoms with Gasteiger partial charge in [0.15, 0.2) is 0 Å². The van der Waals surface area contributed by atoms with Gasteiger partial charge in [-0.15, -0.1) is 5.10 Å². The number of hydrogen-bond acceptors (Lipinski definition) is 7. The number of nitrogens with one attached hydrogen (secondary N) is 1. The molecule has 0 bridgehead atoms. The first kappa shape index (κ1) is 21.6. The Morgan fingerprint density at radius 2 is 2.03 bits per heavy atom. The van der Waals surface area contributed by atoms with Crippen LogP contribution >= 0.6 is 0 Å². The molecule has 1 aromatic heterocycles. The van der Waals surface area contributed by atoms with Crippen molar-refractivity contribution in [3.8, 4) is 0 Å². The fourth-order valence-electron chi connectivity index (χ4n) is 3.44. The minimum atomic E-state index is -3.85. The van der Waals surface area contributed by atoms with Crippen molar-refractivity contribution in [3.05, 3.63) is 18.2 Å². The maximum atomic E-state index is 13.3. The number of hydrogen-bond donors (Lipinski definition) is 1. The molecule has 1 aliphatic heterocycles. The van der Waals surface area contributed by atoms with Gasteiger partial charge in [-0.05, 0) is 31.0 Å². The number of carbonyl (C=O) groups is 1. The first-order chi connectivity index (χ1) is 14.0. The summed E-state index contributed by atoms with van der Waals surface area (Å²) in [6, 6.07) is 4.02. The zero-order chi connectivity index (χ0) is 20.9. The molecular weight excluding hydrogens is 398 g/mol. The van der Waals surface area contributed by atoms with Gasteiger partial charge in [0.25, 0.3) is 0 Å². The van der Waals surface area contributed by atoms with Crippen molar-refractivity contribution >= 4 is 27.0 Å². The van der Waals surface area contributed by atoms with Gasteiger partial charge in [-0.1, -0.05) is 11.6 Å². The molecule has 0 spiro atoms. The van der Waals surface area contributed by atoms with Gasteiger partial charge in [0.1, 0.15) is 11.6 Å². The summed E-state index contributed by atoms with van der Waals surface area (Å²) < 4.78 is 39.6. The van der Waals surface area contributed by atoms with E-state index in [0.717, 1.165) is 18.4 Å². The maximum absolute atomic E-state index is 13.3. The Morgan fingerprint density at radius 3 is 2.79 bits per heavy atom. The van der Waals surface area contributed by atoms with Crippen LogP contribution in [0, 0.1) is 0 Å². The molecular formula is C18H27N5O5S. The molecule has 3 rings (SSSR count). The number of benzene rings is 1. The topological polar surface area (TPSA) is 116 Å². The van der Waals surface area contributed by atoms with Crippen LogP contribution in [0.15, 0.2) is 23.1 Å². The summed E-state index contributed by atoms with van der Waals surface area (Å²) in [5, 5.41) is 10.9. The minimum absolute atomic E-state index is 0.111. The van der Waals surface area contributed by atoms with Gasteiger partial charge in [-0.2, -0.15) is 4.31 Å². The largest absolute Gasteiger partial charge is 0.383 e. The van der Waals surface area contributed by atoms with Crippen molar-refractivity contribution in [1.29, 1.82) is 0 Å². The molecule has 0 radical (unpaired) electrons. The quantitative estimate of drug-likeness (QED) is 0.578. The maximum Gasteiger partial charge on any atom is 0.243 e. The van der Waals surface area contributed by atoms with E-state index in [1.54, 1.807) is 31.0 Å². The number of amides is 1. The van der Waals surface area contributed by atoms with Crippen molar-refractivity contribution in [3.63, 3.8) is 0 Å². The average Bonchev–Trinajstić information content (AvgIpc) is 3.14. The third-order valence-electron chi connectivity index (χ3n) is 4.96. The fraction of sp³-hybridized carbons (Fsp3) is 0.611. The Kier molecular flexibility index (Phi) is 7.17. The standard InChI is InChI=1S/C18H27N5O5S/c1-27-11-8-19-18(24)17-5-3-4-9-23(17)29(25,26)14-6-7-16-15(13-14)20-21-22(16)10-12-28-2/h6-7,13,17H,3-5,8-12H2,1-2H3,(H,19,24). The highest BCUT2D eigenvalue weighted by molar-refractivity contribution is 7.89. The molecule has 1 unspecified atom stereocenters. The number of fused-ring (bicyclic) bond motifs is 1. The molecule has 1 fully saturated rings. The van der Waals surface area contributed by atoms with E-state index < -0.39 is 16.1 Å². The number of piperidine rings is 1. The Hall–Kier alpha value is -2.08. The van der Waals surface area contributed by atoms with Gasteiger partial charge in [0, 0.05) is 27.3 Å². The Morgan fingerprint density at radius 1 is 1.24 bits per heavy atom. The van der Waals surface area contributed by atoms with Crippen LogP contribution < -0.4 is 5.32 Å². The lowest BCUT2D eigenvalue weighted by Crippen LogP contribution is -2.52. The van der Waals surface area contributed by atoms with Gasteiger partial charge in [-0.3, -0.25) is 4.79 Å². The Labute approximate surface area is 170 Å². The SMILES string of the molecule is COCCNC(=O)C1CCCCN1S(=O)(=O)c1ccc2c(c1)nnn2CCOC. The minimum Gasteiger partial charge on any atom is -0.383 e. The first-order valence-corrected chi connectivity index (χ1v) is 11.0. The van der Waals surface area contributed by atoms with E-state index in [0.29, 0.717) is 44.8 Å². The predicted octanol–water partition coefficient (Wildman–Crippen LogP) is 0.384. The molecule has 10 nitrogen and oxygen atoms in total. The molecule has 11 heteroatoms. The van der Waals surface area contributed by atoms with Crippen molar-refractivity contribution in [2.45, 2.75) is 36.7 Å². The van der Waals surface area contributed by atoms with E-state index in [-0.39, 0.29) is 10.8 Å². The van der Waals surface area contributed by atoms with Crippen LogP contribution in [0.1, 0.15) is 19.3 Å². The zero-order valence-corrected chi connectivity index (χ0v) is 17.5. The van der Waals surface area contributed by atoms with Crippen LogP contribution in [0.3, 0.4) is 0 Å². The van der Waals surface area contributed by atoms with Crippen molar-refractivity contribution in [2.24, 2.45) is 0 Å². The van der Waals surface area contributed by atoms with E-state index in [4.69, 9.17) is 9.47 Å². The molecule has 2 aromatic rings. The third kappa shape index (κ3) is 4.74. The van der Waals surface area contributed by atoms with Gasteiger partial charge in [0.2, 0.25) is 15.9 Å². The molecule has 1 N–H and O–H groups in total. The molecule has 29 heavy (non-hydrogen) atoms. The van der Waals surface area contributed by atoms with E-state index >= 15 is 0 Å². The summed E-state index contributed by atoms with van der Waals surface area (Å²) in [4.78, 5) is 12.7. The smallest absolute Gasteiger partial charge is 0.243 e. The molecule has 1 aliphatic rings. The second-order valence-corrected chi connectivity index (χ2v) is 8.76. The Bertz CT molecular complexity index is 945. The summed E-state index contributed by atoms with van der Waals surface area (Å²) in [5.74, 6) is -0.295. The molecule has 0 aliphatic carbocycles. The molecule has 160 valence electrons. The van der Waals surface area contributed by atoms with Crippen molar-refractivity contribution < 1.29 is 22.7 Å². The van der Waals surface area contributed by atoms with Crippen LogP contribution in [0.5, 0.6) is 0 Å². The zero-order valence-electron chi connectivity index (χ0n) is 16.7. The van der Waals surface area contributed by atoms with Crippen LogP contribution in [-0.4, -0.2) is 80.2 Å². The van der Waals surface area contributed by atoms with Gasteiger partial charge in [0.05, 0.1) is 30.2 Å². The number of nitrogens with zero attached hydrogens (tertiary/aromatic N) is 4. The summed E-state index contributed by atoms with van der Waals surface area (Å²) >= 11 is 0. The van der Waals surface area contributed by atoms with E-state index in [1.807, 2.05) is 0 Å². The van der Waals surface area contributed by atoms with Crippen molar-refractivity contribution in [1.82, 2.24) is 24.6 Å². The molecule has 0 saturated carbocycles. The van der Waals surface area contributed by atoms with Gasteiger partial charge < -0.3 is 14.8 Å². The lowest BCUT2D eigenvalue weighted by Gasteiger charge is -2.33. The highest BCUT2D eigenvalue weighted by Crippen LogP contribution is 2.27. The summed E-state index contributed by atoms with van der Waals surface area (Å²) in [6.45, 7) is 2.03. The lowest BCUT2D eigenvalue weighted by molar-refractivity contribution is -0.125. The molecule has 1 aromatic carbocycles. The molecule has 1 saturated heterocycles. The lowest BCUT2D eigenvalue weighted by atomic mass is 10.0. The van der Waals surface area contributed by atoms with Gasteiger partial charge >= 0.3 is 0 Å². The Balaban J connectivity index is 1.84. The third-order valence-corrected chi connectivity index (χ3v) is 6.87. The number of ether oxygens (including phenoxy) is 2. The fourth-order valence-corrected chi connectivity index (χ4v) is 5.12. The van der Waals surface area contributed by atoms with Crippen LogP contribution in [0.25, 0.3) is 11.0 Å². The predicted molar refractivity (Wildman–Crippen MR) is 106 cm³/mol. The van der Waals surface area contributed by atoms with E-state index in [1.165, 1.54) is 10.4 Å². The number of rotatable bonds is 9. The molecule has 1 atom stereocenters. The second-order valence-electron chi connectivity index (χ2n) is 6.87. The van der Waals surface area contributed by atoms with Crippen molar-refractivity contribution in [2.75, 3.05) is 40.5 Å². The second kappa shape index (κ2) is 9.61. The molecule has 1 amide bonds.